The van der Waals surface area contributed by atoms with Crippen LogP contribution < -0.4 is 0 Å². The molecule has 0 bridgehead atoms. The zero-order valence-electron chi connectivity index (χ0n) is 52.3. The minimum Gasteiger partial charge on any atom is -0.438 e. The number of nitrogens with zero attached hydrogens (tertiary/aromatic N) is 6. The number of hydrogen-bond acceptors (Lipinski definition) is 3. The number of para-hydroxylation sites is 4. The molecule has 0 N–H and O–H groups in total. The third kappa shape index (κ3) is 8.18. The number of aromatic nitrogens is 5. The molecule has 97 heavy (non-hydrogen) atoms. The summed E-state index contributed by atoms with van der Waals surface area (Å²) in [5, 5.41) is 24.0. The first-order valence-electron chi connectivity index (χ1n) is 32.9. The van der Waals surface area contributed by atoms with E-state index < -0.39 is 0 Å². The summed E-state index contributed by atoms with van der Waals surface area (Å²) >= 11 is 0. The van der Waals surface area contributed by atoms with E-state index in [-0.39, 0.29) is 0 Å². The predicted octanol–water partition coefficient (Wildman–Crippen LogP) is 23.6. The minimum atomic E-state index is 0.471. The fraction of sp³-hybridized carbons (Fsp3) is 0. The molecule has 20 aromatic rings. The lowest BCUT2D eigenvalue weighted by molar-refractivity contribution is 0.654. The van der Waals surface area contributed by atoms with Crippen molar-refractivity contribution < 1.29 is 4.42 Å². The van der Waals surface area contributed by atoms with Gasteiger partial charge in [-0.05, 0) is 123 Å². The first-order valence-corrected chi connectivity index (χ1v) is 32.9. The molecule has 20 rings (SSSR count). The van der Waals surface area contributed by atoms with E-state index in [1.165, 1.54) is 0 Å². The number of rotatable bonds is 9. The molecule has 0 spiro atoms. The third-order valence-corrected chi connectivity index (χ3v) is 20.1. The molecule has 0 aliphatic rings. The molecule has 6 aromatic heterocycles. The van der Waals surface area contributed by atoms with Crippen LogP contribution in [0, 0.1) is 11.3 Å². The van der Waals surface area contributed by atoms with E-state index in [9.17, 15) is 5.26 Å². The Balaban J connectivity index is 1.10. The second kappa shape index (κ2) is 21.4. The molecule has 14 aromatic carbocycles. The Labute approximate surface area is 556 Å². The molecule has 0 aliphatic carbocycles. The Morgan fingerprint density at radius 1 is 0.247 bits per heavy atom. The first kappa shape index (κ1) is 54.3. The highest BCUT2D eigenvalue weighted by Gasteiger charge is 2.36. The predicted molar refractivity (Wildman–Crippen MR) is 401 cm³/mol. The van der Waals surface area contributed by atoms with Gasteiger partial charge in [0.15, 0.2) is 0 Å². The highest BCUT2D eigenvalue weighted by atomic mass is 16.3. The van der Waals surface area contributed by atoms with Gasteiger partial charge in [-0.2, -0.15) is 5.26 Å². The lowest BCUT2D eigenvalue weighted by Gasteiger charge is -2.29. The average molecular weight is 1240 g/mol. The Hall–Kier alpha value is -13.3. The van der Waals surface area contributed by atoms with Crippen LogP contribution in [0.5, 0.6) is 0 Å². The maximum absolute atomic E-state index is 13.6. The van der Waals surface area contributed by atoms with E-state index in [1.54, 1.807) is 6.20 Å². The van der Waals surface area contributed by atoms with Gasteiger partial charge in [-0.15, -0.1) is 0 Å². The molecular weight excluding hydrogens is 1180 g/mol. The summed E-state index contributed by atoms with van der Waals surface area (Å²) in [6, 6.07) is 119. The Morgan fingerprint density at radius 3 is 0.907 bits per heavy atom. The second-order valence-electron chi connectivity index (χ2n) is 25.2. The fourth-order valence-electron chi connectivity index (χ4n) is 15.8. The van der Waals surface area contributed by atoms with Crippen molar-refractivity contribution in [3.63, 3.8) is 0 Å². The lowest BCUT2D eigenvalue weighted by Crippen LogP contribution is -2.16. The highest BCUT2D eigenvalue weighted by Crippen LogP contribution is 2.53. The van der Waals surface area contributed by atoms with E-state index in [1.807, 2.05) is 6.07 Å². The van der Waals surface area contributed by atoms with Gasteiger partial charge in [0.2, 0.25) is 5.71 Å². The van der Waals surface area contributed by atoms with E-state index in [4.69, 9.17) is 9.40 Å². The van der Waals surface area contributed by atoms with Gasteiger partial charge in [0.05, 0.1) is 66.9 Å². The minimum absolute atomic E-state index is 0.471. The fourth-order valence-corrected chi connectivity index (χ4v) is 15.8. The van der Waals surface area contributed by atoms with Crippen molar-refractivity contribution >= 4 is 109 Å². The zero-order chi connectivity index (χ0) is 63.8. The van der Waals surface area contributed by atoms with Gasteiger partial charge in [0.25, 0.3) is 0 Å². The van der Waals surface area contributed by atoms with Crippen molar-refractivity contribution in [2.24, 2.45) is 0 Å². The van der Waals surface area contributed by atoms with Crippen LogP contribution >= 0.6 is 0 Å². The molecule has 0 fully saturated rings. The number of furan rings is 1. The van der Waals surface area contributed by atoms with E-state index in [0.29, 0.717) is 28.2 Å². The summed E-state index contributed by atoms with van der Waals surface area (Å²) in [6.07, 6.45) is 1.79. The van der Waals surface area contributed by atoms with Crippen molar-refractivity contribution in [3.05, 3.63) is 333 Å². The topological polar surface area (TPSA) is 69.5 Å². The molecule has 0 saturated heterocycles. The standard InChI is InChI=1S/C90H54N6O/c91-55-75-86(93-76-35-17-13-30-65(76)69-44-39-60(50-80(69)93)56-22-5-1-6-23-56)88(95-78-37-19-15-32-67(78)71-46-41-62(52-82(71)95)58-26-9-3-10-27-58)85(64-43-48-73-74-34-21-49-92-90(74)97-84(73)54-64)89(96-79-38-20-16-33-68(79)72-47-42-63(53-83(72)96)59-28-11-4-12-29-59)87(75)94-77-36-18-14-31-66(77)70-45-40-61(51-81(70)94)57-24-7-2-8-25-57/h1-54H. The summed E-state index contributed by atoms with van der Waals surface area (Å²) < 4.78 is 16.8. The van der Waals surface area contributed by atoms with Gasteiger partial charge >= 0.3 is 0 Å². The summed E-state index contributed by atoms with van der Waals surface area (Å²) in [5.41, 5.74) is 22.8. The largest absolute Gasteiger partial charge is 0.438 e. The molecule has 7 heteroatoms. The van der Waals surface area contributed by atoms with Crippen LogP contribution in [0.3, 0.4) is 0 Å². The van der Waals surface area contributed by atoms with Crippen molar-refractivity contribution in [3.8, 4) is 84.5 Å². The first-order chi connectivity index (χ1) is 48.1. The molecule has 450 valence electrons. The molecule has 0 saturated carbocycles. The monoisotopic (exact) mass is 1230 g/mol. The highest BCUT2D eigenvalue weighted by molar-refractivity contribution is 6.19. The van der Waals surface area contributed by atoms with Crippen LogP contribution in [0.2, 0.25) is 0 Å². The molecule has 0 unspecified atom stereocenters. The molecule has 0 aliphatic heterocycles. The van der Waals surface area contributed by atoms with Gasteiger partial charge in [0, 0.05) is 65.6 Å². The van der Waals surface area contributed by atoms with Gasteiger partial charge in [0.1, 0.15) is 17.2 Å². The average Bonchev–Trinajstić information content (AvgIpc) is 1.61. The maximum atomic E-state index is 13.6. The van der Waals surface area contributed by atoms with Gasteiger partial charge in [-0.25, -0.2) is 4.98 Å². The third-order valence-electron chi connectivity index (χ3n) is 20.1. The van der Waals surface area contributed by atoms with Crippen LogP contribution in [-0.2, 0) is 0 Å². The molecule has 0 atom stereocenters. The zero-order valence-corrected chi connectivity index (χ0v) is 52.3. The number of fused-ring (bicyclic) bond motifs is 15. The van der Waals surface area contributed by atoms with Crippen molar-refractivity contribution in [2.45, 2.75) is 0 Å². The number of pyridine rings is 1. The Bertz CT molecular complexity index is 6340. The van der Waals surface area contributed by atoms with Crippen LogP contribution in [0.1, 0.15) is 5.56 Å². The van der Waals surface area contributed by atoms with E-state index in [0.717, 1.165) is 165 Å². The molecule has 0 amide bonds. The SMILES string of the molecule is N#Cc1c(-n2c3ccccc3c3ccc(-c4ccccc4)cc32)c(-n2c3ccccc3c3ccc(-c4ccccc4)cc32)c(-c2ccc3c(c2)oc2ncccc23)c(-n2c3ccccc3c3ccc(-c4ccccc4)cc32)c1-n1c2ccccc2c2ccc(-c3ccccc3)cc21. The lowest BCUT2D eigenvalue weighted by atomic mass is 9.92. The van der Waals surface area contributed by atoms with Crippen molar-refractivity contribution in [2.75, 3.05) is 0 Å². The quantitative estimate of drug-likeness (QED) is 0.145. The van der Waals surface area contributed by atoms with Crippen molar-refractivity contribution in [1.29, 1.82) is 5.26 Å². The second-order valence-corrected chi connectivity index (χ2v) is 25.2. The Morgan fingerprint density at radius 2 is 0.546 bits per heavy atom. The van der Waals surface area contributed by atoms with Crippen LogP contribution in [-0.4, -0.2) is 23.3 Å². The molecule has 0 radical (unpaired) electrons. The van der Waals surface area contributed by atoms with Crippen LogP contribution in [0.25, 0.3) is 188 Å². The van der Waals surface area contributed by atoms with Crippen LogP contribution in [0.15, 0.2) is 332 Å². The molecular formula is C90H54N6O. The Kier molecular flexibility index (Phi) is 12.0. The number of nitriles is 1. The summed E-state index contributed by atoms with van der Waals surface area (Å²) in [6.45, 7) is 0. The summed E-state index contributed by atoms with van der Waals surface area (Å²) in [5.74, 6) is 0. The van der Waals surface area contributed by atoms with Gasteiger partial charge in [-0.3, -0.25) is 0 Å². The van der Waals surface area contributed by atoms with Gasteiger partial charge in [-0.1, -0.05) is 249 Å². The summed E-state index contributed by atoms with van der Waals surface area (Å²) in [4.78, 5) is 4.81. The number of hydrogen-bond donors (Lipinski definition) is 0. The molecule has 7 nitrogen and oxygen atoms in total. The maximum Gasteiger partial charge on any atom is 0.227 e. The van der Waals surface area contributed by atoms with Crippen LogP contribution in [0.4, 0.5) is 0 Å². The van der Waals surface area contributed by atoms with E-state index >= 15 is 0 Å². The molecule has 6 heterocycles. The van der Waals surface area contributed by atoms with E-state index in [2.05, 4.69) is 340 Å². The van der Waals surface area contributed by atoms with Crippen molar-refractivity contribution in [1.82, 2.24) is 23.3 Å². The van der Waals surface area contributed by atoms with Gasteiger partial charge < -0.3 is 22.7 Å². The normalized spacial score (nSPS) is 11.9. The summed E-state index contributed by atoms with van der Waals surface area (Å²) in [7, 11) is 0. The smallest absolute Gasteiger partial charge is 0.227 e. The number of benzene rings is 14.